The molecule has 4 heteroatoms. The summed E-state index contributed by atoms with van der Waals surface area (Å²) in [5, 5.41) is 0.623. The highest BCUT2D eigenvalue weighted by molar-refractivity contribution is 9.10. The fourth-order valence-electron chi connectivity index (χ4n) is 1.66. The molecule has 0 aliphatic carbocycles. The van der Waals surface area contributed by atoms with Gasteiger partial charge in [-0.25, -0.2) is 0 Å². The lowest BCUT2D eigenvalue weighted by Gasteiger charge is -2.08. The van der Waals surface area contributed by atoms with Crippen LogP contribution in [0.3, 0.4) is 0 Å². The maximum atomic E-state index is 11.6. The minimum atomic E-state index is -0.0314. The van der Waals surface area contributed by atoms with E-state index < -0.39 is 0 Å². The zero-order chi connectivity index (χ0) is 11.7. The van der Waals surface area contributed by atoms with Gasteiger partial charge in [-0.3, -0.25) is 9.59 Å². The fraction of sp³-hybridized carbons (Fsp3) is 0.167. The van der Waals surface area contributed by atoms with E-state index in [4.69, 9.17) is 0 Å². The monoisotopic (exact) mass is 279 g/mol. The maximum Gasteiger partial charge on any atom is 0.189 e. The number of rotatable bonds is 2. The second kappa shape index (κ2) is 4.22. The van der Waals surface area contributed by atoms with Gasteiger partial charge in [0.25, 0.3) is 0 Å². The van der Waals surface area contributed by atoms with Crippen LogP contribution in [0, 0.1) is 0 Å². The van der Waals surface area contributed by atoms with Gasteiger partial charge in [0, 0.05) is 22.1 Å². The Balaban J connectivity index is 2.74. The number of fused-ring (bicyclic) bond motifs is 1. The van der Waals surface area contributed by atoms with Crippen molar-refractivity contribution in [2.45, 2.75) is 13.5 Å². The van der Waals surface area contributed by atoms with Crippen LogP contribution in [0.5, 0.6) is 0 Å². The molecule has 0 bridgehead atoms. The number of hydrogen-bond acceptors (Lipinski definition) is 2. The average Bonchev–Trinajstić information content (AvgIpc) is 2.22. The molecule has 0 atom stereocenters. The predicted octanol–water partition coefficient (Wildman–Crippen LogP) is 2.35. The van der Waals surface area contributed by atoms with Crippen LogP contribution in [0.2, 0.25) is 0 Å². The van der Waals surface area contributed by atoms with E-state index in [0.29, 0.717) is 11.9 Å². The van der Waals surface area contributed by atoms with Gasteiger partial charge in [0.05, 0.1) is 12.1 Å². The Labute approximate surface area is 101 Å². The topological polar surface area (TPSA) is 39.1 Å². The molecule has 1 aromatic carbocycles. The third-order valence-electron chi connectivity index (χ3n) is 2.33. The minimum Gasteiger partial charge on any atom is -0.340 e. The molecule has 3 nitrogen and oxygen atoms in total. The van der Waals surface area contributed by atoms with Crippen molar-refractivity contribution in [1.82, 2.24) is 4.57 Å². The van der Waals surface area contributed by atoms with Crippen LogP contribution in [0.15, 0.2) is 39.7 Å². The van der Waals surface area contributed by atoms with E-state index in [2.05, 4.69) is 15.9 Å². The third kappa shape index (κ3) is 2.07. The number of carbonyl (C=O) groups is 1. The number of nitrogens with zero attached hydrogens (tertiary/aromatic N) is 1. The van der Waals surface area contributed by atoms with E-state index in [9.17, 15) is 9.59 Å². The SMILES string of the molecule is CC(=O)Cn1ccc(=O)c2cc(Br)ccc21. The van der Waals surface area contributed by atoms with Crippen molar-refractivity contribution in [2.75, 3.05) is 0 Å². The summed E-state index contributed by atoms with van der Waals surface area (Å²) < 4.78 is 2.64. The first kappa shape index (κ1) is 11.1. The molecule has 1 heterocycles. The highest BCUT2D eigenvalue weighted by atomic mass is 79.9. The number of pyridine rings is 1. The van der Waals surface area contributed by atoms with Gasteiger partial charge in [0.2, 0.25) is 0 Å². The third-order valence-corrected chi connectivity index (χ3v) is 2.83. The summed E-state index contributed by atoms with van der Waals surface area (Å²) in [5.74, 6) is 0.0628. The number of ketones is 1. The highest BCUT2D eigenvalue weighted by Gasteiger charge is 2.04. The van der Waals surface area contributed by atoms with E-state index in [1.54, 1.807) is 16.8 Å². The standard InChI is InChI=1S/C12H10BrNO2/c1-8(15)7-14-5-4-12(16)10-6-9(13)2-3-11(10)14/h2-6H,7H2,1H3. The van der Waals surface area contributed by atoms with Gasteiger partial charge in [0.15, 0.2) is 5.43 Å². The number of hydrogen-bond donors (Lipinski definition) is 0. The largest absolute Gasteiger partial charge is 0.340 e. The molecule has 16 heavy (non-hydrogen) atoms. The van der Waals surface area contributed by atoms with Gasteiger partial charge < -0.3 is 4.57 Å². The molecule has 0 aliphatic heterocycles. The van der Waals surface area contributed by atoms with Crippen molar-refractivity contribution in [3.8, 4) is 0 Å². The Morgan fingerprint density at radius 1 is 1.38 bits per heavy atom. The maximum absolute atomic E-state index is 11.6. The molecule has 0 fully saturated rings. The molecule has 2 aromatic rings. The van der Waals surface area contributed by atoms with Crippen molar-refractivity contribution in [3.63, 3.8) is 0 Å². The summed E-state index contributed by atoms with van der Waals surface area (Å²) in [6.45, 7) is 1.82. The van der Waals surface area contributed by atoms with Crippen LogP contribution in [0.1, 0.15) is 6.92 Å². The van der Waals surface area contributed by atoms with Gasteiger partial charge in [0.1, 0.15) is 5.78 Å². The number of halogens is 1. The quantitative estimate of drug-likeness (QED) is 0.847. The molecule has 0 saturated carbocycles. The molecule has 0 aliphatic rings. The average molecular weight is 280 g/mol. The molecule has 0 unspecified atom stereocenters. The van der Waals surface area contributed by atoms with Crippen LogP contribution in [0.4, 0.5) is 0 Å². The molecule has 0 spiro atoms. The Morgan fingerprint density at radius 2 is 2.12 bits per heavy atom. The molecule has 0 saturated heterocycles. The fourth-order valence-corrected chi connectivity index (χ4v) is 2.02. The van der Waals surface area contributed by atoms with Crippen LogP contribution in [-0.4, -0.2) is 10.4 Å². The molecular formula is C12H10BrNO2. The summed E-state index contributed by atoms with van der Waals surface area (Å²) in [6, 6.07) is 6.95. The molecular weight excluding hydrogens is 270 g/mol. The van der Waals surface area contributed by atoms with Crippen LogP contribution < -0.4 is 5.43 Å². The highest BCUT2D eigenvalue weighted by Crippen LogP contribution is 2.16. The van der Waals surface area contributed by atoms with Gasteiger partial charge >= 0.3 is 0 Å². The second-order valence-electron chi connectivity index (χ2n) is 3.67. The normalized spacial score (nSPS) is 10.6. The second-order valence-corrected chi connectivity index (χ2v) is 4.59. The lowest BCUT2D eigenvalue weighted by molar-refractivity contribution is -0.117. The van der Waals surface area contributed by atoms with Crippen molar-refractivity contribution >= 4 is 32.6 Å². The Morgan fingerprint density at radius 3 is 2.81 bits per heavy atom. The van der Waals surface area contributed by atoms with E-state index in [0.717, 1.165) is 9.99 Å². The molecule has 0 amide bonds. The van der Waals surface area contributed by atoms with Crippen LogP contribution in [-0.2, 0) is 11.3 Å². The first-order valence-electron chi connectivity index (χ1n) is 4.86. The predicted molar refractivity (Wildman–Crippen MR) is 66.6 cm³/mol. The summed E-state index contributed by atoms with van der Waals surface area (Å²) >= 11 is 3.33. The number of carbonyl (C=O) groups excluding carboxylic acids is 1. The zero-order valence-corrected chi connectivity index (χ0v) is 10.3. The van der Waals surface area contributed by atoms with E-state index in [-0.39, 0.29) is 11.2 Å². The van der Waals surface area contributed by atoms with Crippen molar-refractivity contribution < 1.29 is 4.79 Å². The molecule has 1 aromatic heterocycles. The smallest absolute Gasteiger partial charge is 0.189 e. The minimum absolute atomic E-state index is 0.0314. The lowest BCUT2D eigenvalue weighted by Crippen LogP contribution is -2.11. The Bertz CT molecular complexity index is 616. The lowest BCUT2D eigenvalue weighted by atomic mass is 10.2. The van der Waals surface area contributed by atoms with Crippen molar-refractivity contribution in [2.24, 2.45) is 0 Å². The summed E-state index contributed by atoms with van der Waals surface area (Å²) in [4.78, 5) is 22.8. The molecule has 2 rings (SSSR count). The van der Waals surface area contributed by atoms with E-state index in [1.807, 2.05) is 12.1 Å². The van der Waals surface area contributed by atoms with Gasteiger partial charge in [-0.2, -0.15) is 0 Å². The molecule has 0 N–H and O–H groups in total. The molecule has 82 valence electrons. The van der Waals surface area contributed by atoms with Crippen molar-refractivity contribution in [3.05, 3.63) is 45.2 Å². The van der Waals surface area contributed by atoms with E-state index in [1.165, 1.54) is 13.0 Å². The van der Waals surface area contributed by atoms with Gasteiger partial charge in [-0.1, -0.05) is 15.9 Å². The summed E-state index contributed by atoms with van der Waals surface area (Å²) in [6.07, 6.45) is 1.65. The summed E-state index contributed by atoms with van der Waals surface area (Å²) in [7, 11) is 0. The van der Waals surface area contributed by atoms with Crippen LogP contribution >= 0.6 is 15.9 Å². The first-order chi connectivity index (χ1) is 7.58. The zero-order valence-electron chi connectivity index (χ0n) is 8.74. The number of aromatic nitrogens is 1. The molecule has 0 radical (unpaired) electrons. The van der Waals surface area contributed by atoms with E-state index >= 15 is 0 Å². The number of Topliss-reactive ketones (excluding diaryl/α,β-unsaturated/α-hetero) is 1. The Kier molecular flexibility index (Phi) is 2.92. The van der Waals surface area contributed by atoms with Crippen molar-refractivity contribution in [1.29, 1.82) is 0 Å². The Hall–Kier alpha value is -1.42. The number of benzene rings is 1. The van der Waals surface area contributed by atoms with Gasteiger partial charge in [-0.05, 0) is 25.1 Å². The first-order valence-corrected chi connectivity index (χ1v) is 5.65. The van der Waals surface area contributed by atoms with Crippen LogP contribution in [0.25, 0.3) is 10.9 Å². The summed E-state index contributed by atoms with van der Waals surface area (Å²) in [5.41, 5.74) is 0.752. The van der Waals surface area contributed by atoms with Gasteiger partial charge in [-0.15, -0.1) is 0 Å².